The number of ether oxygens (including phenoxy) is 1. The molecule has 0 aliphatic heterocycles. The molecule has 0 radical (unpaired) electrons. The maximum Gasteiger partial charge on any atom is 0.274 e. The van der Waals surface area contributed by atoms with Crippen molar-refractivity contribution in [2.45, 2.75) is 25.4 Å². The Bertz CT molecular complexity index is 640. The summed E-state index contributed by atoms with van der Waals surface area (Å²) in [5.41, 5.74) is 4.51. The van der Waals surface area contributed by atoms with Gasteiger partial charge in [0.1, 0.15) is 11.9 Å². The van der Waals surface area contributed by atoms with E-state index < -0.39 is 5.91 Å². The van der Waals surface area contributed by atoms with Gasteiger partial charge in [0.2, 0.25) is 0 Å². The molecule has 4 heteroatoms. The second-order valence-electron chi connectivity index (χ2n) is 5.22. The van der Waals surface area contributed by atoms with Crippen molar-refractivity contribution in [3.8, 4) is 5.75 Å². The van der Waals surface area contributed by atoms with E-state index in [9.17, 15) is 4.79 Å². The number of hydrogen-bond acceptors (Lipinski definition) is 3. The highest BCUT2D eigenvalue weighted by Crippen LogP contribution is 2.25. The minimum atomic E-state index is -0.472. The number of carbonyl (C=O) groups excluding carboxylic acids is 1. The van der Waals surface area contributed by atoms with Crippen molar-refractivity contribution in [3.05, 3.63) is 65.2 Å². The van der Waals surface area contributed by atoms with Crippen molar-refractivity contribution in [3.63, 3.8) is 0 Å². The summed E-state index contributed by atoms with van der Waals surface area (Å²) < 4.78 is 5.99. The number of amides is 1. The van der Waals surface area contributed by atoms with Crippen LogP contribution in [-0.4, -0.2) is 17.2 Å². The summed E-state index contributed by atoms with van der Waals surface area (Å²) >= 11 is 0. The highest BCUT2D eigenvalue weighted by atomic mass is 16.5. The van der Waals surface area contributed by atoms with Gasteiger partial charge in [-0.05, 0) is 48.2 Å². The molecule has 0 saturated carbocycles. The van der Waals surface area contributed by atoms with Crippen LogP contribution in [0.15, 0.2) is 48.5 Å². The quantitative estimate of drug-likeness (QED) is 0.672. The second-order valence-corrected chi connectivity index (χ2v) is 5.22. The third-order valence-corrected chi connectivity index (χ3v) is 3.80. The van der Waals surface area contributed by atoms with Crippen molar-refractivity contribution in [1.29, 1.82) is 0 Å². The summed E-state index contributed by atoms with van der Waals surface area (Å²) in [6.45, 7) is 0. The van der Waals surface area contributed by atoms with Gasteiger partial charge in [-0.2, -0.15) is 0 Å². The Labute approximate surface area is 123 Å². The molecule has 0 saturated heterocycles. The van der Waals surface area contributed by atoms with Crippen molar-refractivity contribution in [2.75, 3.05) is 0 Å². The number of fused-ring (bicyclic) bond motifs is 1. The first-order valence-electron chi connectivity index (χ1n) is 7.04. The summed E-state index contributed by atoms with van der Waals surface area (Å²) in [6.07, 6.45) is 2.80. The Morgan fingerprint density at radius 1 is 1.14 bits per heavy atom. The zero-order valence-corrected chi connectivity index (χ0v) is 11.6. The summed E-state index contributed by atoms with van der Waals surface area (Å²) in [5.74, 6) is 0.419. The van der Waals surface area contributed by atoms with E-state index in [2.05, 4.69) is 0 Å². The molecule has 2 aromatic carbocycles. The SMILES string of the molecule is O=C(NO)c1ccc2c(c1)CCC(Oc1ccccc1)C2. The van der Waals surface area contributed by atoms with Crippen molar-refractivity contribution < 1.29 is 14.7 Å². The number of hydrogen-bond donors (Lipinski definition) is 2. The van der Waals surface area contributed by atoms with Crippen LogP contribution in [0.1, 0.15) is 27.9 Å². The number of rotatable bonds is 3. The Balaban J connectivity index is 1.73. The third kappa shape index (κ3) is 3.06. The molecule has 4 nitrogen and oxygen atoms in total. The summed E-state index contributed by atoms with van der Waals surface area (Å²) in [6, 6.07) is 15.3. The number of hydroxylamine groups is 1. The molecule has 2 N–H and O–H groups in total. The van der Waals surface area contributed by atoms with Gasteiger partial charge in [0.05, 0.1) is 0 Å². The molecule has 0 bridgehead atoms. The van der Waals surface area contributed by atoms with Gasteiger partial charge in [-0.1, -0.05) is 24.3 Å². The lowest BCUT2D eigenvalue weighted by atomic mass is 9.88. The molecule has 21 heavy (non-hydrogen) atoms. The zero-order chi connectivity index (χ0) is 14.7. The van der Waals surface area contributed by atoms with E-state index >= 15 is 0 Å². The first-order valence-corrected chi connectivity index (χ1v) is 7.04. The molecular weight excluding hydrogens is 266 g/mol. The van der Waals surface area contributed by atoms with Crippen LogP contribution in [0.4, 0.5) is 0 Å². The van der Waals surface area contributed by atoms with Gasteiger partial charge in [0.15, 0.2) is 0 Å². The maximum atomic E-state index is 11.4. The molecule has 1 unspecified atom stereocenters. The fourth-order valence-electron chi connectivity index (χ4n) is 2.72. The number of aryl methyl sites for hydroxylation is 1. The Kier molecular flexibility index (Phi) is 3.88. The maximum absolute atomic E-state index is 11.4. The standard InChI is InChI=1S/C17H17NO3/c19-17(18-20)14-7-6-13-11-16(9-8-12(13)10-14)21-15-4-2-1-3-5-15/h1-7,10,16,20H,8-9,11H2,(H,18,19). The van der Waals surface area contributed by atoms with Crippen LogP contribution in [-0.2, 0) is 12.8 Å². The lowest BCUT2D eigenvalue weighted by Gasteiger charge is -2.26. The molecular formula is C17H17NO3. The molecule has 0 aromatic heterocycles. The van der Waals surface area contributed by atoms with Gasteiger partial charge >= 0.3 is 0 Å². The molecule has 1 atom stereocenters. The highest BCUT2D eigenvalue weighted by molar-refractivity contribution is 5.93. The van der Waals surface area contributed by atoms with Gasteiger partial charge in [-0.3, -0.25) is 10.0 Å². The van der Waals surface area contributed by atoms with Crippen LogP contribution < -0.4 is 10.2 Å². The van der Waals surface area contributed by atoms with E-state index in [0.29, 0.717) is 5.56 Å². The smallest absolute Gasteiger partial charge is 0.274 e. The van der Waals surface area contributed by atoms with Crippen molar-refractivity contribution in [1.82, 2.24) is 5.48 Å². The van der Waals surface area contributed by atoms with E-state index in [-0.39, 0.29) is 6.10 Å². The predicted molar refractivity (Wildman–Crippen MR) is 78.6 cm³/mol. The van der Waals surface area contributed by atoms with E-state index in [1.54, 1.807) is 11.5 Å². The molecule has 1 aliphatic rings. The number of benzene rings is 2. The first-order chi connectivity index (χ1) is 10.3. The number of nitrogens with one attached hydrogen (secondary N) is 1. The molecule has 0 spiro atoms. The van der Waals surface area contributed by atoms with E-state index in [1.165, 1.54) is 5.56 Å². The van der Waals surface area contributed by atoms with E-state index in [4.69, 9.17) is 9.94 Å². The third-order valence-electron chi connectivity index (χ3n) is 3.80. The summed E-state index contributed by atoms with van der Waals surface area (Å²) in [7, 11) is 0. The first kappa shape index (κ1) is 13.6. The van der Waals surface area contributed by atoms with Crippen LogP contribution in [0, 0.1) is 0 Å². The van der Waals surface area contributed by atoms with Crippen molar-refractivity contribution >= 4 is 5.91 Å². The molecule has 1 aliphatic carbocycles. The molecule has 3 rings (SSSR count). The van der Waals surface area contributed by atoms with Crippen LogP contribution in [0.3, 0.4) is 0 Å². The van der Waals surface area contributed by atoms with Gasteiger partial charge in [0, 0.05) is 12.0 Å². The minimum Gasteiger partial charge on any atom is -0.490 e. The largest absolute Gasteiger partial charge is 0.490 e. The fraction of sp³-hybridized carbons (Fsp3) is 0.235. The normalized spacial score (nSPS) is 16.9. The molecule has 1 amide bonds. The molecule has 2 aromatic rings. The average Bonchev–Trinajstić information content (AvgIpc) is 2.54. The minimum absolute atomic E-state index is 0.164. The fourth-order valence-corrected chi connectivity index (χ4v) is 2.72. The topological polar surface area (TPSA) is 58.6 Å². The van der Waals surface area contributed by atoms with Crippen LogP contribution >= 0.6 is 0 Å². The van der Waals surface area contributed by atoms with E-state index in [0.717, 1.165) is 30.6 Å². The molecule has 0 fully saturated rings. The van der Waals surface area contributed by atoms with Crippen LogP contribution in [0.2, 0.25) is 0 Å². The number of carbonyl (C=O) groups is 1. The number of para-hydroxylation sites is 1. The Morgan fingerprint density at radius 2 is 1.95 bits per heavy atom. The van der Waals surface area contributed by atoms with E-state index in [1.807, 2.05) is 42.5 Å². The summed E-state index contributed by atoms with van der Waals surface area (Å²) in [4.78, 5) is 11.4. The lowest BCUT2D eigenvalue weighted by Crippen LogP contribution is -2.26. The Hall–Kier alpha value is -2.33. The van der Waals surface area contributed by atoms with Gasteiger partial charge in [-0.25, -0.2) is 5.48 Å². The second kappa shape index (κ2) is 5.97. The van der Waals surface area contributed by atoms with Gasteiger partial charge in [0.25, 0.3) is 5.91 Å². The molecule has 108 valence electrons. The monoisotopic (exact) mass is 283 g/mol. The molecule has 0 heterocycles. The average molecular weight is 283 g/mol. The zero-order valence-electron chi connectivity index (χ0n) is 11.6. The van der Waals surface area contributed by atoms with Gasteiger partial charge < -0.3 is 4.74 Å². The lowest BCUT2D eigenvalue weighted by molar-refractivity contribution is 0.0706. The van der Waals surface area contributed by atoms with Crippen LogP contribution in [0.25, 0.3) is 0 Å². The Morgan fingerprint density at radius 3 is 2.71 bits per heavy atom. The predicted octanol–water partition coefficient (Wildman–Crippen LogP) is 2.74. The summed E-state index contributed by atoms with van der Waals surface area (Å²) in [5, 5.41) is 8.68. The van der Waals surface area contributed by atoms with Crippen LogP contribution in [0.5, 0.6) is 5.75 Å². The van der Waals surface area contributed by atoms with Gasteiger partial charge in [-0.15, -0.1) is 0 Å². The van der Waals surface area contributed by atoms with Crippen molar-refractivity contribution in [2.24, 2.45) is 0 Å². The highest BCUT2D eigenvalue weighted by Gasteiger charge is 2.21.